The van der Waals surface area contributed by atoms with Crippen molar-refractivity contribution >= 4 is 29.6 Å². The summed E-state index contributed by atoms with van der Waals surface area (Å²) in [6, 6.07) is 13.1. The fourth-order valence-corrected chi connectivity index (χ4v) is 3.65. The van der Waals surface area contributed by atoms with Gasteiger partial charge in [0.25, 0.3) is 0 Å². The van der Waals surface area contributed by atoms with Crippen molar-refractivity contribution in [1.82, 2.24) is 15.5 Å². The SMILES string of the molecule is NCc1ccc(Cl)cc1CNC(=O)[C@@H]1CCCN1C(=O)NC(=O)OCc1ccccc1. The van der Waals surface area contributed by atoms with Gasteiger partial charge < -0.3 is 20.7 Å². The first-order valence-corrected chi connectivity index (χ1v) is 10.4. The molecule has 1 saturated heterocycles. The summed E-state index contributed by atoms with van der Waals surface area (Å²) in [5.74, 6) is -0.298. The van der Waals surface area contributed by atoms with Crippen LogP contribution in [-0.4, -0.2) is 35.5 Å². The molecule has 8 nitrogen and oxygen atoms in total. The minimum Gasteiger partial charge on any atom is -0.444 e. The standard InChI is InChI=1S/C22H25ClN4O4/c23-18-9-8-16(12-24)17(11-18)13-25-20(28)19-7-4-10-27(19)21(29)26-22(30)31-14-15-5-2-1-3-6-15/h1-3,5-6,8-9,11,19H,4,7,10,12-14,24H2,(H,25,28)(H,26,29,30)/t19-/m0/s1. The van der Waals surface area contributed by atoms with E-state index in [1.807, 2.05) is 36.4 Å². The minimum absolute atomic E-state index is 0.0486. The predicted molar refractivity (Wildman–Crippen MR) is 116 cm³/mol. The molecule has 3 rings (SSSR count). The third-order valence-electron chi connectivity index (χ3n) is 5.08. The van der Waals surface area contributed by atoms with Crippen molar-refractivity contribution in [3.05, 3.63) is 70.2 Å². The van der Waals surface area contributed by atoms with Crippen LogP contribution in [-0.2, 0) is 29.2 Å². The van der Waals surface area contributed by atoms with Gasteiger partial charge in [-0.3, -0.25) is 4.79 Å². The van der Waals surface area contributed by atoms with Crippen molar-refractivity contribution in [3.8, 4) is 0 Å². The summed E-state index contributed by atoms with van der Waals surface area (Å²) in [4.78, 5) is 38.5. The lowest BCUT2D eigenvalue weighted by atomic mass is 10.1. The molecule has 0 saturated carbocycles. The van der Waals surface area contributed by atoms with E-state index in [1.54, 1.807) is 12.1 Å². The summed E-state index contributed by atoms with van der Waals surface area (Å²) in [6.45, 7) is 0.997. The first kappa shape index (κ1) is 22.6. The van der Waals surface area contributed by atoms with Crippen LogP contribution in [0.3, 0.4) is 0 Å². The van der Waals surface area contributed by atoms with Gasteiger partial charge in [0.2, 0.25) is 5.91 Å². The lowest BCUT2D eigenvalue weighted by Crippen LogP contribution is -2.50. The van der Waals surface area contributed by atoms with Gasteiger partial charge in [0.05, 0.1) is 0 Å². The maximum absolute atomic E-state index is 12.7. The number of carbonyl (C=O) groups excluding carboxylic acids is 3. The summed E-state index contributed by atoms with van der Waals surface area (Å²) in [5, 5.41) is 5.58. The molecule has 0 spiro atoms. The Hall–Kier alpha value is -3.10. The van der Waals surface area contributed by atoms with Gasteiger partial charge in [0.15, 0.2) is 0 Å². The summed E-state index contributed by atoms with van der Waals surface area (Å²) >= 11 is 6.04. The second-order valence-electron chi connectivity index (χ2n) is 7.18. The fourth-order valence-electron chi connectivity index (χ4n) is 3.46. The van der Waals surface area contributed by atoms with Crippen LogP contribution < -0.4 is 16.4 Å². The summed E-state index contributed by atoms with van der Waals surface area (Å²) < 4.78 is 5.07. The van der Waals surface area contributed by atoms with E-state index >= 15 is 0 Å². The third-order valence-corrected chi connectivity index (χ3v) is 5.31. The molecule has 1 aliphatic rings. The lowest BCUT2D eigenvalue weighted by molar-refractivity contribution is -0.124. The highest BCUT2D eigenvalue weighted by atomic mass is 35.5. The van der Waals surface area contributed by atoms with Crippen LogP contribution >= 0.6 is 11.6 Å². The van der Waals surface area contributed by atoms with E-state index in [-0.39, 0.29) is 19.1 Å². The van der Waals surface area contributed by atoms with E-state index < -0.39 is 18.2 Å². The Morgan fingerprint density at radius 3 is 2.65 bits per heavy atom. The monoisotopic (exact) mass is 444 g/mol. The number of rotatable bonds is 6. The number of likely N-dealkylation sites (tertiary alicyclic amines) is 1. The van der Waals surface area contributed by atoms with Crippen molar-refractivity contribution in [2.75, 3.05) is 6.54 Å². The average Bonchev–Trinajstić information content (AvgIpc) is 3.27. The van der Waals surface area contributed by atoms with Crippen molar-refractivity contribution in [2.24, 2.45) is 5.73 Å². The molecule has 1 aliphatic heterocycles. The molecule has 0 aliphatic carbocycles. The van der Waals surface area contributed by atoms with E-state index in [4.69, 9.17) is 22.1 Å². The molecule has 0 aromatic heterocycles. The number of alkyl carbamates (subject to hydrolysis) is 1. The number of ether oxygens (including phenoxy) is 1. The molecule has 31 heavy (non-hydrogen) atoms. The van der Waals surface area contributed by atoms with Crippen molar-refractivity contribution in [1.29, 1.82) is 0 Å². The fraction of sp³-hybridized carbons (Fsp3) is 0.318. The molecule has 9 heteroatoms. The second-order valence-corrected chi connectivity index (χ2v) is 7.61. The smallest absolute Gasteiger partial charge is 0.415 e. The summed E-state index contributed by atoms with van der Waals surface area (Å²) in [7, 11) is 0. The van der Waals surface area contributed by atoms with Gasteiger partial charge in [0, 0.05) is 24.7 Å². The van der Waals surface area contributed by atoms with Crippen molar-refractivity contribution in [3.63, 3.8) is 0 Å². The van der Waals surface area contributed by atoms with Gasteiger partial charge >= 0.3 is 12.1 Å². The number of halogens is 1. The van der Waals surface area contributed by atoms with Crippen LogP contribution in [0.4, 0.5) is 9.59 Å². The van der Waals surface area contributed by atoms with Gasteiger partial charge in [-0.15, -0.1) is 0 Å². The topological polar surface area (TPSA) is 114 Å². The number of benzene rings is 2. The molecular formula is C22H25ClN4O4. The van der Waals surface area contributed by atoms with Gasteiger partial charge in [-0.2, -0.15) is 0 Å². The number of nitrogens with one attached hydrogen (secondary N) is 2. The zero-order chi connectivity index (χ0) is 22.2. The molecule has 2 aromatic rings. The zero-order valence-corrected chi connectivity index (χ0v) is 17.7. The van der Waals surface area contributed by atoms with E-state index in [0.717, 1.165) is 16.7 Å². The Bertz CT molecular complexity index is 938. The number of nitrogens with two attached hydrogens (primary N) is 1. The Morgan fingerprint density at radius 1 is 1.13 bits per heavy atom. The summed E-state index contributed by atoms with van der Waals surface area (Å²) in [6.07, 6.45) is 0.319. The molecule has 4 amide bonds. The highest BCUT2D eigenvalue weighted by molar-refractivity contribution is 6.30. The normalized spacial score (nSPS) is 15.4. The van der Waals surface area contributed by atoms with Crippen LogP contribution in [0.25, 0.3) is 0 Å². The van der Waals surface area contributed by atoms with E-state index in [9.17, 15) is 14.4 Å². The molecule has 1 heterocycles. The minimum atomic E-state index is -0.855. The number of hydrogen-bond acceptors (Lipinski definition) is 5. The van der Waals surface area contributed by atoms with Gasteiger partial charge in [0.1, 0.15) is 12.6 Å². The van der Waals surface area contributed by atoms with Crippen LogP contribution in [0.1, 0.15) is 29.5 Å². The number of imide groups is 1. The molecule has 0 bridgehead atoms. The maximum Gasteiger partial charge on any atom is 0.415 e. The van der Waals surface area contributed by atoms with Gasteiger partial charge in [-0.1, -0.05) is 48.0 Å². The molecule has 0 radical (unpaired) electrons. The Kier molecular flexibility index (Phi) is 7.86. The Morgan fingerprint density at radius 2 is 1.90 bits per heavy atom. The number of hydrogen-bond donors (Lipinski definition) is 3. The lowest BCUT2D eigenvalue weighted by Gasteiger charge is -2.24. The quantitative estimate of drug-likeness (QED) is 0.633. The third kappa shape index (κ3) is 6.19. The van der Waals surface area contributed by atoms with Crippen LogP contribution in [0, 0.1) is 0 Å². The molecule has 1 fully saturated rings. The first-order chi connectivity index (χ1) is 15.0. The Balaban J connectivity index is 1.52. The van der Waals surface area contributed by atoms with Crippen LogP contribution in [0.5, 0.6) is 0 Å². The zero-order valence-electron chi connectivity index (χ0n) is 17.0. The van der Waals surface area contributed by atoms with Crippen molar-refractivity contribution in [2.45, 2.75) is 38.6 Å². The number of carbonyl (C=O) groups is 3. The molecule has 4 N–H and O–H groups in total. The highest BCUT2D eigenvalue weighted by Gasteiger charge is 2.34. The van der Waals surface area contributed by atoms with E-state index in [0.29, 0.717) is 31.0 Å². The molecule has 1 atom stereocenters. The Labute approximate surface area is 185 Å². The number of amides is 4. The average molecular weight is 445 g/mol. The number of urea groups is 1. The highest BCUT2D eigenvalue weighted by Crippen LogP contribution is 2.19. The van der Waals surface area contributed by atoms with E-state index in [1.165, 1.54) is 4.90 Å². The van der Waals surface area contributed by atoms with Crippen molar-refractivity contribution < 1.29 is 19.1 Å². The predicted octanol–water partition coefficient (Wildman–Crippen LogP) is 2.93. The molecular weight excluding hydrogens is 420 g/mol. The maximum atomic E-state index is 12.7. The van der Waals surface area contributed by atoms with Gasteiger partial charge in [-0.05, 0) is 41.7 Å². The molecule has 0 unspecified atom stereocenters. The van der Waals surface area contributed by atoms with Gasteiger partial charge in [-0.25, -0.2) is 14.9 Å². The molecule has 2 aromatic carbocycles. The summed E-state index contributed by atoms with van der Waals surface area (Å²) in [5.41, 5.74) is 8.25. The second kappa shape index (κ2) is 10.8. The largest absolute Gasteiger partial charge is 0.444 e. The molecule has 164 valence electrons. The van der Waals surface area contributed by atoms with Crippen LogP contribution in [0.15, 0.2) is 48.5 Å². The number of nitrogens with zero attached hydrogens (tertiary/aromatic N) is 1. The van der Waals surface area contributed by atoms with Crippen LogP contribution in [0.2, 0.25) is 5.02 Å². The first-order valence-electron chi connectivity index (χ1n) is 10.0. The van der Waals surface area contributed by atoms with E-state index in [2.05, 4.69) is 10.6 Å².